The third-order valence-corrected chi connectivity index (χ3v) is 11.6. The second-order valence-electron chi connectivity index (χ2n) is 11.7. The largest absolute Gasteiger partial charge is 0.508 e. The fourth-order valence-electron chi connectivity index (χ4n) is 8.10. The molecule has 0 aromatic rings. The van der Waals surface area contributed by atoms with Crippen LogP contribution in [-0.2, 0) is 24.2 Å². The van der Waals surface area contributed by atoms with Gasteiger partial charge in [-0.15, -0.1) is 0 Å². The Morgan fingerprint density at radius 3 is 2.48 bits per heavy atom. The van der Waals surface area contributed by atoms with Crippen LogP contribution in [-0.4, -0.2) is 50.1 Å². The van der Waals surface area contributed by atoms with Crippen molar-refractivity contribution in [2.24, 2.45) is 34.0 Å². The lowest BCUT2D eigenvalue weighted by Gasteiger charge is -2.66. The van der Waals surface area contributed by atoms with Crippen molar-refractivity contribution in [1.82, 2.24) is 5.32 Å². The van der Waals surface area contributed by atoms with E-state index in [2.05, 4.69) is 37.7 Å². The Kier molecular flexibility index (Phi) is 5.78. The maximum Gasteiger partial charge on any atom is 0.325 e. The van der Waals surface area contributed by atoms with E-state index in [1.807, 2.05) is 0 Å². The lowest BCUT2D eigenvalue weighted by molar-refractivity contribution is -0.142. The first-order chi connectivity index (χ1) is 15.3. The van der Waals surface area contributed by atoms with E-state index < -0.39 is 38.3 Å². The van der Waals surface area contributed by atoms with Gasteiger partial charge in [-0.3, -0.25) is 9.59 Å². The smallest absolute Gasteiger partial charge is 0.325 e. The van der Waals surface area contributed by atoms with Crippen molar-refractivity contribution < 1.29 is 27.9 Å². The van der Waals surface area contributed by atoms with E-state index in [-0.39, 0.29) is 40.4 Å². The van der Waals surface area contributed by atoms with Gasteiger partial charge in [0.2, 0.25) is 5.91 Å². The predicted molar refractivity (Wildman–Crippen MR) is 125 cm³/mol. The lowest BCUT2D eigenvalue weighted by atomic mass is 9.41. The number of hydrogen-bond acceptors (Lipinski definition) is 6. The Balaban J connectivity index is 1.78. The van der Waals surface area contributed by atoms with Gasteiger partial charge in [0.15, 0.2) is 9.84 Å². The molecule has 8 heteroatoms. The fourth-order valence-corrected chi connectivity index (χ4v) is 10.8. The normalized spacial score (nSPS) is 40.8. The Hall–Kier alpha value is -1.83. The van der Waals surface area contributed by atoms with Gasteiger partial charge in [-0.05, 0) is 65.9 Å². The molecule has 2 N–H and O–H groups in total. The Bertz CT molecular complexity index is 1030. The quantitative estimate of drug-likeness (QED) is 0.601. The molecule has 7 nitrogen and oxygen atoms in total. The zero-order chi connectivity index (χ0) is 24.4. The number of aliphatic hydroxyl groups excluding tert-OH is 1. The number of ether oxygens (including phenoxy) is 1. The molecule has 1 heterocycles. The number of allylic oxidation sites excluding steroid dienone is 1. The number of methoxy groups -OCH3 is 1. The molecule has 3 aliphatic carbocycles. The average molecular weight is 480 g/mol. The SMILES string of the molecule is COC(=O)CNC(=O)C1=CC(O)=CC2C1[C@]1(C)CC[C@H]3C(C)(C)CCC[C@]3(C)[C@H]1CS2(=O)=O. The second-order valence-corrected chi connectivity index (χ2v) is 13.9. The highest BCUT2D eigenvalue weighted by atomic mass is 32.2. The zero-order valence-corrected chi connectivity index (χ0v) is 21.1. The molecule has 1 saturated heterocycles. The summed E-state index contributed by atoms with van der Waals surface area (Å²) in [6, 6.07) is 0. The van der Waals surface area contributed by atoms with Crippen molar-refractivity contribution in [2.75, 3.05) is 19.4 Å². The molecule has 184 valence electrons. The van der Waals surface area contributed by atoms with Crippen LogP contribution in [0.25, 0.3) is 0 Å². The molecule has 3 fully saturated rings. The number of amides is 1. The van der Waals surface area contributed by atoms with Gasteiger partial charge in [0.05, 0.1) is 18.1 Å². The summed E-state index contributed by atoms with van der Waals surface area (Å²) in [6.45, 7) is 8.73. The molecule has 1 aliphatic heterocycles. The molecule has 4 aliphatic rings. The van der Waals surface area contributed by atoms with Gasteiger partial charge in [0, 0.05) is 11.5 Å². The topological polar surface area (TPSA) is 110 Å². The number of hydrogen-bond donors (Lipinski definition) is 2. The van der Waals surface area contributed by atoms with Crippen molar-refractivity contribution in [2.45, 2.75) is 65.0 Å². The van der Waals surface area contributed by atoms with E-state index >= 15 is 0 Å². The van der Waals surface area contributed by atoms with Crippen LogP contribution < -0.4 is 5.32 Å². The molecule has 6 atom stereocenters. The van der Waals surface area contributed by atoms with E-state index in [0.29, 0.717) is 5.92 Å². The lowest BCUT2D eigenvalue weighted by Crippen LogP contribution is -2.64. The molecule has 2 unspecified atom stereocenters. The summed E-state index contributed by atoms with van der Waals surface area (Å²) < 4.78 is 31.9. The molecule has 1 amide bonds. The first-order valence-electron chi connectivity index (χ1n) is 12.0. The van der Waals surface area contributed by atoms with Crippen LogP contribution >= 0.6 is 0 Å². The molecule has 2 saturated carbocycles. The first-order valence-corrected chi connectivity index (χ1v) is 13.7. The van der Waals surface area contributed by atoms with Gasteiger partial charge in [-0.25, -0.2) is 8.42 Å². The highest BCUT2D eigenvalue weighted by Gasteiger charge is 2.66. The zero-order valence-electron chi connectivity index (χ0n) is 20.3. The van der Waals surface area contributed by atoms with Crippen LogP contribution in [0.2, 0.25) is 0 Å². The number of rotatable bonds is 3. The van der Waals surface area contributed by atoms with Crippen molar-refractivity contribution in [3.63, 3.8) is 0 Å². The van der Waals surface area contributed by atoms with E-state index in [0.717, 1.165) is 32.1 Å². The van der Waals surface area contributed by atoms with Crippen molar-refractivity contribution in [3.05, 3.63) is 23.5 Å². The summed E-state index contributed by atoms with van der Waals surface area (Å²) in [5, 5.41) is 12.0. The summed E-state index contributed by atoms with van der Waals surface area (Å²) in [5.74, 6) is -1.48. The Labute approximate surface area is 197 Å². The third kappa shape index (κ3) is 3.72. The number of esters is 1. The molecule has 0 radical (unpaired) electrons. The van der Waals surface area contributed by atoms with Gasteiger partial charge in [-0.2, -0.15) is 0 Å². The van der Waals surface area contributed by atoms with Crippen molar-refractivity contribution in [3.8, 4) is 0 Å². The van der Waals surface area contributed by atoms with Gasteiger partial charge in [-0.1, -0.05) is 34.1 Å². The molecular weight excluding hydrogens is 442 g/mol. The van der Waals surface area contributed by atoms with Crippen LogP contribution in [0.3, 0.4) is 0 Å². The number of fused-ring (bicyclic) bond motifs is 5. The minimum absolute atomic E-state index is 0.0780. The average Bonchev–Trinajstić information content (AvgIpc) is 2.72. The number of aliphatic hydroxyl groups is 1. The second kappa shape index (κ2) is 7.85. The maximum absolute atomic E-state index is 13.6. The summed E-state index contributed by atoms with van der Waals surface area (Å²) in [4.78, 5) is 24.8. The molecule has 4 rings (SSSR count). The van der Waals surface area contributed by atoms with Crippen molar-refractivity contribution >= 4 is 21.7 Å². The molecule has 0 bridgehead atoms. The van der Waals surface area contributed by atoms with Crippen LogP contribution in [0.4, 0.5) is 0 Å². The van der Waals surface area contributed by atoms with Gasteiger partial charge < -0.3 is 15.2 Å². The van der Waals surface area contributed by atoms with Gasteiger partial charge in [0.1, 0.15) is 12.3 Å². The van der Waals surface area contributed by atoms with Crippen LogP contribution in [0.1, 0.15) is 59.8 Å². The highest BCUT2D eigenvalue weighted by molar-refractivity contribution is 7.92. The molecule has 0 aromatic carbocycles. The first kappa shape index (κ1) is 24.3. The molecule has 0 spiro atoms. The minimum Gasteiger partial charge on any atom is -0.508 e. The van der Waals surface area contributed by atoms with Crippen molar-refractivity contribution in [1.29, 1.82) is 0 Å². The number of sulfone groups is 1. The van der Waals surface area contributed by atoms with Crippen LogP contribution in [0.15, 0.2) is 23.5 Å². The van der Waals surface area contributed by atoms with E-state index in [9.17, 15) is 23.1 Å². The highest BCUT2D eigenvalue weighted by Crippen LogP contribution is 2.69. The summed E-state index contributed by atoms with van der Waals surface area (Å²) >= 11 is 0. The Morgan fingerprint density at radius 2 is 1.82 bits per heavy atom. The van der Waals surface area contributed by atoms with E-state index in [4.69, 9.17) is 0 Å². The van der Waals surface area contributed by atoms with Crippen LogP contribution in [0, 0.1) is 34.0 Å². The van der Waals surface area contributed by atoms with Crippen LogP contribution in [0.5, 0.6) is 0 Å². The molecular formula is C25H37NO6S. The predicted octanol–water partition coefficient (Wildman–Crippen LogP) is 3.32. The van der Waals surface area contributed by atoms with Gasteiger partial charge in [0.25, 0.3) is 0 Å². The van der Waals surface area contributed by atoms with E-state index in [1.54, 1.807) is 0 Å². The van der Waals surface area contributed by atoms with Gasteiger partial charge >= 0.3 is 5.97 Å². The number of nitrogens with one attached hydrogen (secondary N) is 1. The standard InChI is InChI=1S/C25H37NO6S/c1-23(2)8-6-9-24(3)18(23)7-10-25(4)19(24)14-33(30,31)17-12-15(27)11-16(21(17)25)22(29)26-13-20(28)32-5/h11-12,17-19,21,27H,6-10,13-14H2,1-5H3,(H,26,29)/t17?,18-,19+,21?,24-,25+/m0/s1. The summed E-state index contributed by atoms with van der Waals surface area (Å²) in [5.41, 5.74) is -0.156. The number of carbonyl (C=O) groups is 2. The third-order valence-electron chi connectivity index (χ3n) is 9.55. The summed E-state index contributed by atoms with van der Waals surface area (Å²) in [6.07, 6.45) is 7.81. The Morgan fingerprint density at radius 1 is 1.12 bits per heavy atom. The van der Waals surface area contributed by atoms with E-state index in [1.165, 1.54) is 19.3 Å². The monoisotopic (exact) mass is 479 g/mol. The fraction of sp³-hybridized carbons (Fsp3) is 0.760. The molecule has 0 aromatic heterocycles. The molecule has 33 heavy (non-hydrogen) atoms. The maximum atomic E-state index is 13.6. The number of carbonyl (C=O) groups excluding carboxylic acids is 2. The minimum atomic E-state index is -3.60. The summed E-state index contributed by atoms with van der Waals surface area (Å²) in [7, 11) is -2.36.